The van der Waals surface area contributed by atoms with Crippen molar-refractivity contribution in [3.63, 3.8) is 0 Å². The highest BCUT2D eigenvalue weighted by Crippen LogP contribution is 2.35. The highest BCUT2D eigenvalue weighted by Gasteiger charge is 2.25. The van der Waals surface area contributed by atoms with Gasteiger partial charge in [-0.25, -0.2) is 0 Å². The van der Waals surface area contributed by atoms with Gasteiger partial charge in [0.25, 0.3) is 0 Å². The van der Waals surface area contributed by atoms with Gasteiger partial charge in [-0.2, -0.15) is 0 Å². The predicted octanol–water partition coefficient (Wildman–Crippen LogP) is 4.50. The predicted molar refractivity (Wildman–Crippen MR) is 75.4 cm³/mol. The molecule has 0 saturated heterocycles. The maximum atomic E-state index is 5.86. The number of rotatable bonds is 4. The summed E-state index contributed by atoms with van der Waals surface area (Å²) in [6, 6.07) is 10.7. The quantitative estimate of drug-likeness (QED) is 0.743. The molecule has 2 rings (SSSR count). The Morgan fingerprint density at radius 2 is 2.06 bits per heavy atom. The minimum atomic E-state index is 0.385. The third kappa shape index (κ3) is 3.12. The van der Waals surface area contributed by atoms with E-state index in [2.05, 4.69) is 59.3 Å². The summed E-state index contributed by atoms with van der Waals surface area (Å²) in [6.07, 6.45) is 4.56. The first-order valence-electron chi connectivity index (χ1n) is 6.26. The van der Waals surface area contributed by atoms with E-state index in [-0.39, 0.29) is 0 Å². The molecule has 2 atom stereocenters. The van der Waals surface area contributed by atoms with Crippen molar-refractivity contribution in [2.24, 2.45) is 5.92 Å². The Labute approximate surface area is 112 Å². The Morgan fingerprint density at radius 1 is 1.29 bits per heavy atom. The van der Waals surface area contributed by atoms with Gasteiger partial charge in [0.05, 0.1) is 12.4 Å². The van der Waals surface area contributed by atoms with E-state index in [9.17, 15) is 0 Å². The van der Waals surface area contributed by atoms with Crippen LogP contribution in [0.25, 0.3) is 0 Å². The molecule has 0 spiro atoms. The summed E-state index contributed by atoms with van der Waals surface area (Å²) in [7, 11) is 0. The summed E-state index contributed by atoms with van der Waals surface area (Å²) in [4.78, 5) is 0. The van der Waals surface area contributed by atoms with Crippen LogP contribution in [-0.4, -0.2) is 11.9 Å². The zero-order valence-corrected chi connectivity index (χ0v) is 11.8. The number of alkyl halides is 1. The van der Waals surface area contributed by atoms with Crippen LogP contribution < -0.4 is 0 Å². The van der Waals surface area contributed by atoms with Crippen molar-refractivity contribution >= 4 is 15.9 Å². The van der Waals surface area contributed by atoms with Crippen LogP contribution in [0, 0.1) is 5.92 Å². The van der Waals surface area contributed by atoms with Crippen LogP contribution in [0.5, 0.6) is 0 Å². The molecule has 0 N–H and O–H groups in total. The highest BCUT2D eigenvalue weighted by atomic mass is 79.9. The van der Waals surface area contributed by atoms with Crippen LogP contribution in [0.15, 0.2) is 42.2 Å². The molecular weight excluding hydrogens is 276 g/mol. The van der Waals surface area contributed by atoms with Crippen molar-refractivity contribution in [3.05, 3.63) is 47.7 Å². The van der Waals surface area contributed by atoms with E-state index in [1.165, 1.54) is 5.56 Å². The molecule has 0 aromatic heterocycles. The van der Waals surface area contributed by atoms with Gasteiger partial charge in [0, 0.05) is 11.2 Å². The summed E-state index contributed by atoms with van der Waals surface area (Å²) in [5.74, 6) is 2.09. The normalized spacial score (nSPS) is 19.1. The molecule has 1 heterocycles. The lowest BCUT2D eigenvalue weighted by atomic mass is 9.86. The van der Waals surface area contributed by atoms with Gasteiger partial charge in [-0.05, 0) is 30.4 Å². The Morgan fingerprint density at radius 3 is 2.65 bits per heavy atom. The van der Waals surface area contributed by atoms with E-state index in [4.69, 9.17) is 4.74 Å². The van der Waals surface area contributed by atoms with Gasteiger partial charge in [0.2, 0.25) is 0 Å². The first kappa shape index (κ1) is 12.7. The Hall–Kier alpha value is -0.760. The molecule has 1 aliphatic heterocycles. The average Bonchev–Trinajstić information content (AvgIpc) is 2.41. The van der Waals surface area contributed by atoms with Gasteiger partial charge in [0.15, 0.2) is 0 Å². The summed E-state index contributed by atoms with van der Waals surface area (Å²) in [5.41, 5.74) is 1.35. The molecule has 1 nitrogen and oxygen atoms in total. The third-order valence-electron chi connectivity index (χ3n) is 3.24. The first-order chi connectivity index (χ1) is 8.33. The third-order valence-corrected chi connectivity index (χ3v) is 4.26. The molecule has 2 unspecified atom stereocenters. The van der Waals surface area contributed by atoms with Crippen LogP contribution in [0.4, 0.5) is 0 Å². The number of allylic oxidation sites excluding steroid dienone is 2. The van der Waals surface area contributed by atoms with E-state index in [1.54, 1.807) is 0 Å². The fourth-order valence-corrected chi connectivity index (χ4v) is 2.69. The van der Waals surface area contributed by atoms with Crippen molar-refractivity contribution in [2.45, 2.75) is 25.7 Å². The van der Waals surface area contributed by atoms with Crippen LogP contribution in [-0.2, 0) is 4.74 Å². The van der Waals surface area contributed by atoms with Crippen LogP contribution in [0.3, 0.4) is 0 Å². The molecule has 1 aromatic rings. The number of benzene rings is 1. The van der Waals surface area contributed by atoms with Crippen molar-refractivity contribution in [1.29, 1.82) is 0 Å². The lowest BCUT2D eigenvalue weighted by Crippen LogP contribution is -2.18. The Bertz CT molecular complexity index is 372. The van der Waals surface area contributed by atoms with Gasteiger partial charge in [-0.15, -0.1) is 0 Å². The number of ether oxygens (including phenoxy) is 1. The molecule has 0 radical (unpaired) electrons. The number of halogens is 1. The Kier molecular flexibility index (Phi) is 4.66. The van der Waals surface area contributed by atoms with E-state index in [0.717, 1.165) is 30.5 Å². The van der Waals surface area contributed by atoms with E-state index < -0.39 is 0 Å². The standard InChI is InChI=1S/C15H19BrO/c1-12(11-16)15(13-7-3-2-4-8-13)14-9-5-6-10-17-14/h2-4,7-9,12,15H,5-6,10-11H2,1H3. The maximum absolute atomic E-state index is 5.86. The second kappa shape index (κ2) is 6.25. The van der Waals surface area contributed by atoms with Gasteiger partial charge in [-0.1, -0.05) is 53.2 Å². The molecule has 2 heteroatoms. The average molecular weight is 295 g/mol. The van der Waals surface area contributed by atoms with E-state index in [0.29, 0.717) is 11.8 Å². The molecule has 1 aromatic carbocycles. The second-order valence-electron chi connectivity index (χ2n) is 4.62. The van der Waals surface area contributed by atoms with Crippen molar-refractivity contribution in [3.8, 4) is 0 Å². The van der Waals surface area contributed by atoms with Crippen LogP contribution in [0.2, 0.25) is 0 Å². The first-order valence-corrected chi connectivity index (χ1v) is 7.39. The monoisotopic (exact) mass is 294 g/mol. The molecule has 92 valence electrons. The largest absolute Gasteiger partial charge is 0.498 e. The minimum absolute atomic E-state index is 0.385. The van der Waals surface area contributed by atoms with E-state index >= 15 is 0 Å². The molecule has 0 amide bonds. The minimum Gasteiger partial charge on any atom is -0.498 e. The molecule has 0 aliphatic carbocycles. The second-order valence-corrected chi connectivity index (χ2v) is 5.26. The zero-order valence-electron chi connectivity index (χ0n) is 10.2. The SMILES string of the molecule is CC(CBr)C(C1=CCCCO1)c1ccccc1. The Balaban J connectivity index is 2.28. The topological polar surface area (TPSA) is 9.23 Å². The molecule has 17 heavy (non-hydrogen) atoms. The van der Waals surface area contributed by atoms with Gasteiger partial charge in [-0.3, -0.25) is 0 Å². The number of hydrogen-bond donors (Lipinski definition) is 0. The van der Waals surface area contributed by atoms with Crippen molar-refractivity contribution in [1.82, 2.24) is 0 Å². The van der Waals surface area contributed by atoms with Crippen LogP contribution in [0.1, 0.15) is 31.2 Å². The van der Waals surface area contributed by atoms with Crippen molar-refractivity contribution < 1.29 is 4.74 Å². The maximum Gasteiger partial charge on any atom is 0.0997 e. The zero-order chi connectivity index (χ0) is 12.1. The summed E-state index contributed by atoms with van der Waals surface area (Å²) < 4.78 is 5.86. The summed E-state index contributed by atoms with van der Waals surface area (Å²) >= 11 is 3.60. The fraction of sp³-hybridized carbons (Fsp3) is 0.467. The molecule has 0 saturated carbocycles. The van der Waals surface area contributed by atoms with Gasteiger partial charge in [0.1, 0.15) is 0 Å². The summed E-state index contributed by atoms with van der Waals surface area (Å²) in [6.45, 7) is 3.13. The van der Waals surface area contributed by atoms with Gasteiger partial charge >= 0.3 is 0 Å². The molecule has 0 bridgehead atoms. The lowest BCUT2D eigenvalue weighted by molar-refractivity contribution is 0.165. The van der Waals surface area contributed by atoms with Gasteiger partial charge < -0.3 is 4.74 Å². The van der Waals surface area contributed by atoms with E-state index in [1.807, 2.05) is 0 Å². The number of hydrogen-bond acceptors (Lipinski definition) is 1. The van der Waals surface area contributed by atoms with Crippen molar-refractivity contribution in [2.75, 3.05) is 11.9 Å². The lowest BCUT2D eigenvalue weighted by Gasteiger charge is -2.28. The fourth-order valence-electron chi connectivity index (χ4n) is 2.32. The highest BCUT2D eigenvalue weighted by molar-refractivity contribution is 9.09. The van der Waals surface area contributed by atoms with Crippen LogP contribution >= 0.6 is 15.9 Å². The smallest absolute Gasteiger partial charge is 0.0997 e. The molecule has 0 fully saturated rings. The summed E-state index contributed by atoms with van der Waals surface area (Å²) in [5, 5.41) is 0.993. The molecule has 1 aliphatic rings. The molecular formula is C15H19BrO.